The van der Waals surface area contributed by atoms with Gasteiger partial charge in [0.25, 0.3) is 0 Å². The van der Waals surface area contributed by atoms with E-state index in [9.17, 15) is 4.79 Å². The van der Waals surface area contributed by atoms with Crippen molar-refractivity contribution in [3.05, 3.63) is 29.8 Å². The molecule has 0 saturated heterocycles. The van der Waals surface area contributed by atoms with Gasteiger partial charge >= 0.3 is 0 Å². The van der Waals surface area contributed by atoms with Crippen molar-refractivity contribution in [2.75, 3.05) is 18.0 Å². The van der Waals surface area contributed by atoms with E-state index in [2.05, 4.69) is 49.9 Å². The predicted molar refractivity (Wildman–Crippen MR) is 73.5 cm³/mol. The third kappa shape index (κ3) is 3.58. The van der Waals surface area contributed by atoms with Gasteiger partial charge in [0.2, 0.25) is 0 Å². The molecule has 1 unspecified atom stereocenters. The maximum absolute atomic E-state index is 11.2. The highest BCUT2D eigenvalue weighted by Gasteiger charge is 2.24. The van der Waals surface area contributed by atoms with Crippen LogP contribution in [0.2, 0.25) is 0 Å². The molecule has 1 atom stereocenters. The quantitative estimate of drug-likeness (QED) is 0.702. The number of aryl methyl sites for hydroxylation is 1. The molecule has 0 bridgehead atoms. The van der Waals surface area contributed by atoms with Gasteiger partial charge in [0.05, 0.1) is 0 Å². The third-order valence-corrected chi connectivity index (χ3v) is 3.43. The second-order valence-electron chi connectivity index (χ2n) is 4.98. The predicted octanol–water partition coefficient (Wildman–Crippen LogP) is 3.44. The number of carbonyl (C=O) groups is 1. The van der Waals surface area contributed by atoms with Crippen molar-refractivity contribution in [2.24, 2.45) is 5.41 Å². The first kappa shape index (κ1) is 13.8. The molecule has 0 heterocycles. The number of carbonyl (C=O) groups excluding carboxylic acids is 1. The first-order valence-corrected chi connectivity index (χ1v) is 6.32. The van der Waals surface area contributed by atoms with Gasteiger partial charge in [-0.25, -0.2) is 0 Å². The van der Waals surface area contributed by atoms with Crippen molar-refractivity contribution >= 4 is 12.0 Å². The van der Waals surface area contributed by atoms with E-state index in [0.717, 1.165) is 25.8 Å². The Labute approximate surface area is 105 Å². The van der Waals surface area contributed by atoms with Crippen LogP contribution >= 0.6 is 0 Å². The number of aldehydes is 1. The lowest BCUT2D eigenvalue weighted by Gasteiger charge is -2.31. The summed E-state index contributed by atoms with van der Waals surface area (Å²) in [5.41, 5.74) is 2.21. The summed E-state index contributed by atoms with van der Waals surface area (Å²) in [5.74, 6) is 0. The Morgan fingerprint density at radius 2 is 1.82 bits per heavy atom. The summed E-state index contributed by atoms with van der Waals surface area (Å²) >= 11 is 0. The number of hydrogen-bond donors (Lipinski definition) is 0. The second kappa shape index (κ2) is 5.85. The molecule has 0 aliphatic carbocycles. The Bertz CT molecular complexity index is 358. The molecular weight excluding hydrogens is 210 g/mol. The van der Waals surface area contributed by atoms with Crippen LogP contribution in [-0.4, -0.2) is 19.4 Å². The van der Waals surface area contributed by atoms with Crippen LogP contribution in [0.4, 0.5) is 5.69 Å². The van der Waals surface area contributed by atoms with Gasteiger partial charge in [-0.15, -0.1) is 0 Å². The molecule has 0 radical (unpaired) electrons. The molecule has 0 spiro atoms. The largest absolute Gasteiger partial charge is 0.371 e. The lowest BCUT2D eigenvalue weighted by molar-refractivity contribution is -0.115. The summed E-state index contributed by atoms with van der Waals surface area (Å²) in [5, 5.41) is 0. The third-order valence-electron chi connectivity index (χ3n) is 3.43. The van der Waals surface area contributed by atoms with Gasteiger partial charge in [-0.1, -0.05) is 31.5 Å². The molecule has 0 aliphatic rings. The highest BCUT2D eigenvalue weighted by Crippen LogP contribution is 2.23. The average molecular weight is 233 g/mol. The summed E-state index contributed by atoms with van der Waals surface area (Å²) in [6, 6.07) is 8.48. The number of nitrogens with zero attached hydrogens (tertiary/aromatic N) is 1. The van der Waals surface area contributed by atoms with Gasteiger partial charge < -0.3 is 9.69 Å². The molecule has 2 nitrogen and oxygen atoms in total. The summed E-state index contributed by atoms with van der Waals surface area (Å²) in [6.07, 6.45) is 1.96. The van der Waals surface area contributed by atoms with Crippen molar-refractivity contribution in [3.63, 3.8) is 0 Å². The average Bonchev–Trinajstić information content (AvgIpc) is 2.37. The summed E-state index contributed by atoms with van der Waals surface area (Å²) < 4.78 is 0. The zero-order valence-electron chi connectivity index (χ0n) is 11.4. The zero-order valence-corrected chi connectivity index (χ0v) is 11.4. The van der Waals surface area contributed by atoms with Crippen LogP contribution in [0, 0.1) is 12.3 Å². The van der Waals surface area contributed by atoms with Crippen LogP contribution in [0.25, 0.3) is 0 Å². The molecule has 0 fully saturated rings. The fourth-order valence-electron chi connectivity index (χ4n) is 1.81. The van der Waals surface area contributed by atoms with E-state index in [1.54, 1.807) is 0 Å². The number of hydrogen-bond acceptors (Lipinski definition) is 2. The van der Waals surface area contributed by atoms with Gasteiger partial charge in [-0.3, -0.25) is 0 Å². The molecule has 2 heteroatoms. The zero-order chi connectivity index (χ0) is 12.9. The first-order valence-electron chi connectivity index (χ1n) is 6.32. The molecule has 0 N–H and O–H groups in total. The molecule has 1 aromatic rings. The van der Waals surface area contributed by atoms with Gasteiger partial charge in [-0.05, 0) is 32.4 Å². The summed E-state index contributed by atoms with van der Waals surface area (Å²) in [7, 11) is 0. The van der Waals surface area contributed by atoms with Crippen LogP contribution in [0.3, 0.4) is 0 Å². The summed E-state index contributed by atoms with van der Waals surface area (Å²) in [4.78, 5) is 13.4. The van der Waals surface area contributed by atoms with E-state index >= 15 is 0 Å². The maximum Gasteiger partial charge on any atom is 0.127 e. The number of rotatable bonds is 6. The van der Waals surface area contributed by atoms with E-state index in [-0.39, 0.29) is 5.41 Å². The maximum atomic E-state index is 11.2. The number of anilines is 1. The van der Waals surface area contributed by atoms with Crippen molar-refractivity contribution in [1.82, 2.24) is 0 Å². The molecular formula is C15H23NO. The Balaban J connectivity index is 2.85. The van der Waals surface area contributed by atoms with E-state index in [4.69, 9.17) is 0 Å². The molecule has 94 valence electrons. The number of benzene rings is 1. The van der Waals surface area contributed by atoms with Gasteiger partial charge in [-0.2, -0.15) is 0 Å². The van der Waals surface area contributed by atoms with Crippen LogP contribution in [-0.2, 0) is 4.79 Å². The van der Waals surface area contributed by atoms with Crippen molar-refractivity contribution < 1.29 is 4.79 Å². The fourth-order valence-corrected chi connectivity index (χ4v) is 1.81. The molecule has 0 aliphatic heterocycles. The smallest absolute Gasteiger partial charge is 0.127 e. The standard InChI is InChI=1S/C15H23NO/c1-5-15(4,12-17)11-16(6-2)14-9-7-13(3)8-10-14/h7-10,12H,5-6,11H2,1-4H3. The molecule has 17 heavy (non-hydrogen) atoms. The molecule has 0 aromatic heterocycles. The van der Waals surface area contributed by atoms with Crippen LogP contribution < -0.4 is 4.90 Å². The minimum absolute atomic E-state index is 0.249. The minimum atomic E-state index is -0.249. The van der Waals surface area contributed by atoms with Crippen LogP contribution in [0.1, 0.15) is 32.8 Å². The van der Waals surface area contributed by atoms with E-state index < -0.39 is 0 Å². The Morgan fingerprint density at radius 3 is 2.24 bits per heavy atom. The van der Waals surface area contributed by atoms with Crippen molar-refractivity contribution in [1.29, 1.82) is 0 Å². The monoisotopic (exact) mass is 233 g/mol. The molecule has 1 rings (SSSR count). The molecule has 1 aromatic carbocycles. The fraction of sp³-hybridized carbons (Fsp3) is 0.533. The van der Waals surface area contributed by atoms with Gasteiger partial charge in [0, 0.05) is 24.2 Å². The summed E-state index contributed by atoms with van der Waals surface area (Å²) in [6.45, 7) is 10.0. The van der Waals surface area contributed by atoms with Crippen molar-refractivity contribution in [2.45, 2.75) is 34.1 Å². The Hall–Kier alpha value is -1.31. The van der Waals surface area contributed by atoms with E-state index in [1.807, 2.05) is 6.92 Å². The second-order valence-corrected chi connectivity index (χ2v) is 4.98. The lowest BCUT2D eigenvalue weighted by atomic mass is 9.88. The van der Waals surface area contributed by atoms with E-state index in [1.165, 1.54) is 11.3 Å². The van der Waals surface area contributed by atoms with Crippen LogP contribution in [0.15, 0.2) is 24.3 Å². The molecule has 0 saturated carbocycles. The SMILES string of the molecule is CCN(CC(C)(C=O)CC)c1ccc(C)cc1. The van der Waals surface area contributed by atoms with Crippen molar-refractivity contribution in [3.8, 4) is 0 Å². The Morgan fingerprint density at radius 1 is 1.24 bits per heavy atom. The van der Waals surface area contributed by atoms with Gasteiger partial charge in [0.1, 0.15) is 6.29 Å². The highest BCUT2D eigenvalue weighted by atomic mass is 16.1. The molecule has 0 amide bonds. The van der Waals surface area contributed by atoms with Crippen LogP contribution in [0.5, 0.6) is 0 Å². The topological polar surface area (TPSA) is 20.3 Å². The Kier molecular flexibility index (Phi) is 4.73. The minimum Gasteiger partial charge on any atom is -0.371 e. The highest BCUT2D eigenvalue weighted by molar-refractivity contribution is 5.61. The normalized spacial score (nSPS) is 14.1. The first-order chi connectivity index (χ1) is 8.04. The lowest BCUT2D eigenvalue weighted by Crippen LogP contribution is -2.36. The van der Waals surface area contributed by atoms with E-state index in [0.29, 0.717) is 0 Å². The van der Waals surface area contributed by atoms with Gasteiger partial charge in [0.15, 0.2) is 0 Å².